The molecule has 6 rings (SSSR count). The number of Topliss-reactive ketones (excluding diaryl/α,β-unsaturated/α-hetero) is 1. The van der Waals surface area contributed by atoms with Gasteiger partial charge >= 0.3 is 0 Å². The van der Waals surface area contributed by atoms with Gasteiger partial charge in [0.1, 0.15) is 6.07 Å². The molecular formula is C34H46N2O3. The van der Waals surface area contributed by atoms with Gasteiger partial charge < -0.3 is 5.32 Å². The molecule has 3 unspecified atom stereocenters. The Hall–Kier alpha value is -2.22. The Morgan fingerprint density at radius 1 is 1.03 bits per heavy atom. The molecule has 4 saturated carbocycles. The first kappa shape index (κ1) is 27.0. The fourth-order valence-corrected chi connectivity index (χ4v) is 10.7. The second-order valence-electron chi connectivity index (χ2n) is 15.4. The van der Waals surface area contributed by atoms with E-state index in [1.165, 1.54) is 5.57 Å². The number of hydrogen-bond donors (Lipinski definition) is 1. The third-order valence-electron chi connectivity index (χ3n) is 13.1. The van der Waals surface area contributed by atoms with Crippen LogP contribution >= 0.6 is 0 Å². The zero-order valence-electron chi connectivity index (χ0n) is 24.8. The lowest BCUT2D eigenvalue weighted by atomic mass is 9.35. The summed E-state index contributed by atoms with van der Waals surface area (Å²) in [6.07, 6.45) is 13.6. The van der Waals surface area contributed by atoms with Crippen molar-refractivity contribution < 1.29 is 14.4 Å². The van der Waals surface area contributed by atoms with E-state index in [1.807, 2.05) is 19.1 Å². The van der Waals surface area contributed by atoms with E-state index in [-0.39, 0.29) is 74.4 Å². The van der Waals surface area contributed by atoms with Crippen molar-refractivity contribution in [2.24, 2.45) is 51.2 Å². The Labute approximate surface area is 234 Å². The summed E-state index contributed by atoms with van der Waals surface area (Å²) in [5, 5.41) is 13.4. The van der Waals surface area contributed by atoms with Crippen LogP contribution in [0, 0.1) is 62.6 Å². The summed E-state index contributed by atoms with van der Waals surface area (Å²) in [6, 6.07) is 2.19. The molecule has 6 aliphatic carbocycles. The van der Waals surface area contributed by atoms with Crippen molar-refractivity contribution in [3.05, 3.63) is 23.3 Å². The smallest absolute Gasteiger partial charge is 0.223 e. The van der Waals surface area contributed by atoms with E-state index in [0.29, 0.717) is 0 Å². The van der Waals surface area contributed by atoms with Crippen LogP contribution in [0.15, 0.2) is 23.3 Å². The van der Waals surface area contributed by atoms with Crippen molar-refractivity contribution in [2.75, 3.05) is 0 Å². The number of nitrogens with one attached hydrogen (secondary N) is 1. The predicted molar refractivity (Wildman–Crippen MR) is 150 cm³/mol. The number of carbonyl (C=O) groups is 3. The number of rotatable bonds is 3. The Bertz CT molecular complexity index is 1250. The van der Waals surface area contributed by atoms with Gasteiger partial charge in [0.2, 0.25) is 5.91 Å². The molecule has 6 aliphatic rings. The highest BCUT2D eigenvalue weighted by atomic mass is 16.2. The average molecular weight is 531 g/mol. The molecule has 1 amide bonds. The molecule has 8 atom stereocenters. The van der Waals surface area contributed by atoms with Gasteiger partial charge in [0.25, 0.3) is 0 Å². The van der Waals surface area contributed by atoms with E-state index in [4.69, 9.17) is 0 Å². The average Bonchev–Trinajstić information content (AvgIpc) is 3.73. The lowest BCUT2D eigenvalue weighted by molar-refractivity contribution is -0.165. The second-order valence-corrected chi connectivity index (χ2v) is 15.4. The van der Waals surface area contributed by atoms with Gasteiger partial charge in [-0.2, -0.15) is 5.26 Å². The fourth-order valence-electron chi connectivity index (χ4n) is 10.7. The van der Waals surface area contributed by atoms with Crippen molar-refractivity contribution >= 4 is 17.5 Å². The summed E-state index contributed by atoms with van der Waals surface area (Å²) >= 11 is 0. The molecule has 0 radical (unpaired) electrons. The minimum Gasteiger partial charge on any atom is -0.350 e. The number of allylic oxidation sites excluding steroid dienone is 4. The SMILES string of the molecule is CCC12CC[C@H]3[C@H](C)C(=O)C(C#N)=C[C@]3(C)C1=CC(=O)C1C3CC(C)(C)CC[C@]3(NC(=O)C3CC3)CC[C@]12C. The summed E-state index contributed by atoms with van der Waals surface area (Å²) in [7, 11) is 0. The third kappa shape index (κ3) is 3.51. The zero-order chi connectivity index (χ0) is 28.2. The number of amides is 1. The number of hydrogen-bond acceptors (Lipinski definition) is 4. The van der Waals surface area contributed by atoms with E-state index >= 15 is 0 Å². The number of ketones is 2. The van der Waals surface area contributed by atoms with E-state index in [1.54, 1.807) is 0 Å². The van der Waals surface area contributed by atoms with Crippen LogP contribution in [-0.2, 0) is 14.4 Å². The molecule has 0 aliphatic heterocycles. The summed E-state index contributed by atoms with van der Waals surface area (Å²) in [6.45, 7) is 13.5. The first-order chi connectivity index (χ1) is 18.3. The molecule has 5 heteroatoms. The molecule has 210 valence electrons. The van der Waals surface area contributed by atoms with E-state index in [2.05, 4.69) is 46.0 Å². The highest BCUT2D eigenvalue weighted by Crippen LogP contribution is 2.73. The quantitative estimate of drug-likeness (QED) is 0.452. The van der Waals surface area contributed by atoms with Crippen molar-refractivity contribution in [2.45, 2.75) is 111 Å². The Balaban J connectivity index is 1.50. The van der Waals surface area contributed by atoms with E-state index in [0.717, 1.165) is 64.2 Å². The van der Waals surface area contributed by atoms with Gasteiger partial charge in [-0.3, -0.25) is 14.4 Å². The van der Waals surface area contributed by atoms with Gasteiger partial charge in [0.05, 0.1) is 5.57 Å². The van der Waals surface area contributed by atoms with Crippen LogP contribution in [0.4, 0.5) is 0 Å². The van der Waals surface area contributed by atoms with Crippen LogP contribution in [0.3, 0.4) is 0 Å². The summed E-state index contributed by atoms with van der Waals surface area (Å²) in [4.78, 5) is 40.8. The Morgan fingerprint density at radius 2 is 1.72 bits per heavy atom. The lowest BCUT2D eigenvalue weighted by Gasteiger charge is -2.69. The molecule has 0 heterocycles. The van der Waals surface area contributed by atoms with Crippen molar-refractivity contribution in [3.8, 4) is 6.07 Å². The summed E-state index contributed by atoms with van der Waals surface area (Å²) < 4.78 is 0. The number of nitriles is 1. The number of nitrogens with zero attached hydrogens (tertiary/aromatic N) is 1. The minimum absolute atomic E-state index is 0.0471. The molecule has 1 N–H and O–H groups in total. The van der Waals surface area contributed by atoms with Gasteiger partial charge in [-0.15, -0.1) is 0 Å². The number of fused-ring (bicyclic) bond motifs is 7. The first-order valence-electron chi connectivity index (χ1n) is 15.5. The lowest BCUT2D eigenvalue weighted by Crippen LogP contribution is -2.70. The first-order valence-corrected chi connectivity index (χ1v) is 15.5. The van der Waals surface area contributed by atoms with Crippen molar-refractivity contribution in [1.82, 2.24) is 5.32 Å². The second kappa shape index (κ2) is 8.40. The summed E-state index contributed by atoms with van der Waals surface area (Å²) in [5.74, 6) is 0.408. The van der Waals surface area contributed by atoms with E-state index < -0.39 is 5.41 Å². The molecule has 5 nitrogen and oxygen atoms in total. The highest BCUT2D eigenvalue weighted by Gasteiger charge is 2.70. The fraction of sp³-hybridized carbons (Fsp3) is 0.765. The minimum atomic E-state index is -0.475. The van der Waals surface area contributed by atoms with Crippen LogP contribution in [0.25, 0.3) is 0 Å². The zero-order valence-corrected chi connectivity index (χ0v) is 24.8. The summed E-state index contributed by atoms with van der Waals surface area (Å²) in [5.41, 5.74) is 0.402. The number of carbonyl (C=O) groups excluding carboxylic acids is 3. The maximum Gasteiger partial charge on any atom is 0.223 e. The van der Waals surface area contributed by atoms with Gasteiger partial charge in [0.15, 0.2) is 11.6 Å². The molecule has 0 aromatic carbocycles. The van der Waals surface area contributed by atoms with Gasteiger partial charge in [-0.05, 0) is 104 Å². The maximum atomic E-state index is 14.6. The molecule has 0 aromatic heterocycles. The molecule has 0 spiro atoms. The molecule has 0 aromatic rings. The monoisotopic (exact) mass is 530 g/mol. The van der Waals surface area contributed by atoms with E-state index in [9.17, 15) is 19.6 Å². The van der Waals surface area contributed by atoms with Crippen LogP contribution in [0.5, 0.6) is 0 Å². The van der Waals surface area contributed by atoms with Crippen LogP contribution < -0.4 is 5.32 Å². The van der Waals surface area contributed by atoms with Crippen LogP contribution in [0.2, 0.25) is 0 Å². The molecule has 39 heavy (non-hydrogen) atoms. The van der Waals surface area contributed by atoms with Gasteiger partial charge in [-0.1, -0.05) is 47.6 Å². The van der Waals surface area contributed by atoms with Crippen LogP contribution in [0.1, 0.15) is 106 Å². The van der Waals surface area contributed by atoms with Crippen molar-refractivity contribution in [1.29, 1.82) is 5.26 Å². The van der Waals surface area contributed by atoms with Gasteiger partial charge in [-0.25, -0.2) is 0 Å². The normalized spacial score (nSPS) is 46.4. The molecule has 0 bridgehead atoms. The predicted octanol–water partition coefficient (Wildman–Crippen LogP) is 6.48. The largest absolute Gasteiger partial charge is 0.350 e. The highest BCUT2D eigenvalue weighted by molar-refractivity contribution is 6.02. The standard InChI is InChI=1S/C34H46N2O3/c1-7-33-11-10-23-20(2)28(38)22(19-35)17-31(23,5)26(33)16-25(37)27-24-18-30(3,4)12-14-34(24,15-13-32(27,33)6)36-29(39)21-8-9-21/h16-17,20-21,23-24,27H,7-15,18H2,1-6H3,(H,36,39)/t20-,23-,24?,27?,31-,32+,33?,34-/m0/s1. The Morgan fingerprint density at radius 3 is 2.36 bits per heavy atom. The van der Waals surface area contributed by atoms with Gasteiger partial charge in [0, 0.05) is 28.7 Å². The molecule has 0 saturated heterocycles. The van der Waals surface area contributed by atoms with Crippen molar-refractivity contribution in [3.63, 3.8) is 0 Å². The third-order valence-corrected chi connectivity index (χ3v) is 13.1. The maximum absolute atomic E-state index is 14.6. The van der Waals surface area contributed by atoms with Crippen LogP contribution in [-0.4, -0.2) is 23.0 Å². The topological polar surface area (TPSA) is 87.0 Å². The Kier molecular flexibility index (Phi) is 5.81. The molecular weight excluding hydrogens is 484 g/mol. The molecule has 4 fully saturated rings.